The third-order valence-electron chi connectivity index (χ3n) is 3.78. The number of H-pyrrole nitrogens is 1. The zero-order valence-electron chi connectivity index (χ0n) is 14.3. The molecule has 0 spiro atoms. The van der Waals surface area contributed by atoms with E-state index in [2.05, 4.69) is 51.7 Å². The predicted octanol–water partition coefficient (Wildman–Crippen LogP) is 1.67. The number of aromatic nitrogens is 4. The molecule has 23 heavy (non-hydrogen) atoms. The van der Waals surface area contributed by atoms with Gasteiger partial charge in [0.2, 0.25) is 0 Å². The zero-order valence-corrected chi connectivity index (χ0v) is 16.7. The lowest BCUT2D eigenvalue weighted by Gasteiger charge is -2.18. The maximum Gasteiger partial charge on any atom is 0.191 e. The Morgan fingerprint density at radius 3 is 2.70 bits per heavy atom. The van der Waals surface area contributed by atoms with Crippen LogP contribution in [0, 0.1) is 13.8 Å². The molecule has 0 aliphatic rings. The summed E-state index contributed by atoms with van der Waals surface area (Å²) in [5, 5.41) is 18.0. The number of aromatic amines is 1. The van der Waals surface area contributed by atoms with Gasteiger partial charge in [0.25, 0.3) is 0 Å². The van der Waals surface area contributed by atoms with Gasteiger partial charge in [-0.15, -0.1) is 24.0 Å². The third-order valence-corrected chi connectivity index (χ3v) is 3.78. The van der Waals surface area contributed by atoms with Crippen molar-refractivity contribution in [2.45, 2.75) is 39.8 Å². The molecule has 2 heterocycles. The Labute approximate surface area is 154 Å². The molecule has 0 bridgehead atoms. The van der Waals surface area contributed by atoms with Crippen LogP contribution in [0.5, 0.6) is 0 Å². The van der Waals surface area contributed by atoms with Crippen LogP contribution in [0.25, 0.3) is 0 Å². The first-order valence-electron chi connectivity index (χ1n) is 7.45. The molecule has 0 amide bonds. The van der Waals surface area contributed by atoms with Crippen molar-refractivity contribution in [1.29, 1.82) is 0 Å². The van der Waals surface area contributed by atoms with Crippen LogP contribution in [-0.4, -0.2) is 39.0 Å². The number of nitrogens with zero attached hydrogens (tertiary/aromatic N) is 4. The van der Waals surface area contributed by atoms with Crippen LogP contribution >= 0.6 is 24.0 Å². The summed E-state index contributed by atoms with van der Waals surface area (Å²) in [7, 11) is 3.75. The Morgan fingerprint density at radius 1 is 1.43 bits per heavy atom. The molecule has 0 aliphatic heterocycles. The molecule has 0 fully saturated rings. The average Bonchev–Trinajstić information content (AvgIpc) is 3.08. The molecule has 1 atom stereocenters. The summed E-state index contributed by atoms with van der Waals surface area (Å²) in [6, 6.07) is 2.20. The fourth-order valence-corrected chi connectivity index (χ4v) is 2.46. The van der Waals surface area contributed by atoms with Gasteiger partial charge in [-0.2, -0.15) is 10.2 Å². The van der Waals surface area contributed by atoms with Crippen LogP contribution in [0.1, 0.15) is 29.6 Å². The van der Waals surface area contributed by atoms with Crippen LogP contribution < -0.4 is 10.6 Å². The van der Waals surface area contributed by atoms with Crippen molar-refractivity contribution in [1.82, 2.24) is 30.6 Å². The Balaban J connectivity index is 0.00000264. The van der Waals surface area contributed by atoms with Crippen LogP contribution in [0.15, 0.2) is 17.3 Å². The molecular weight excluding hydrogens is 405 g/mol. The molecule has 0 saturated heterocycles. The van der Waals surface area contributed by atoms with Gasteiger partial charge in [0, 0.05) is 32.0 Å². The van der Waals surface area contributed by atoms with Crippen molar-refractivity contribution in [3.05, 3.63) is 34.9 Å². The van der Waals surface area contributed by atoms with Crippen molar-refractivity contribution in [3.8, 4) is 0 Å². The van der Waals surface area contributed by atoms with Gasteiger partial charge < -0.3 is 10.6 Å². The Kier molecular flexibility index (Phi) is 7.53. The second-order valence-electron chi connectivity index (χ2n) is 5.53. The van der Waals surface area contributed by atoms with Crippen LogP contribution in [-0.2, 0) is 20.0 Å². The predicted molar refractivity (Wildman–Crippen MR) is 103 cm³/mol. The third kappa shape index (κ3) is 5.22. The number of aliphatic imine (C=N–C) groups is 1. The van der Waals surface area contributed by atoms with Gasteiger partial charge in [-0.25, -0.2) is 0 Å². The molecule has 2 aromatic heterocycles. The summed E-state index contributed by atoms with van der Waals surface area (Å²) < 4.78 is 1.93. The number of hydrogen-bond donors (Lipinski definition) is 3. The van der Waals surface area contributed by atoms with E-state index in [-0.39, 0.29) is 30.0 Å². The summed E-state index contributed by atoms with van der Waals surface area (Å²) in [5.41, 5.74) is 4.63. The number of nitrogens with one attached hydrogen (secondary N) is 3. The largest absolute Gasteiger partial charge is 0.354 e. The topological polar surface area (TPSA) is 82.9 Å². The standard InChI is InChI=1S/C15H25N7.HI/c1-10(8-14-11(2)21-22(5)12(14)3)19-15(16-4)17-9-13-6-7-18-20-13;/h6-7,10H,8-9H2,1-5H3,(H,18,20)(H2,16,17,19);1H. The number of rotatable bonds is 5. The van der Waals surface area contributed by atoms with E-state index in [0.717, 1.165) is 23.8 Å². The molecule has 2 aromatic rings. The monoisotopic (exact) mass is 431 g/mol. The maximum absolute atomic E-state index is 4.46. The highest BCUT2D eigenvalue weighted by Gasteiger charge is 2.13. The van der Waals surface area contributed by atoms with Crippen molar-refractivity contribution in [2.24, 2.45) is 12.0 Å². The summed E-state index contributed by atoms with van der Waals surface area (Å²) in [4.78, 5) is 4.26. The van der Waals surface area contributed by atoms with E-state index in [1.165, 1.54) is 11.3 Å². The molecule has 0 saturated carbocycles. The van der Waals surface area contributed by atoms with Crippen molar-refractivity contribution in [3.63, 3.8) is 0 Å². The summed E-state index contributed by atoms with van der Waals surface area (Å²) >= 11 is 0. The number of guanidine groups is 1. The number of aryl methyl sites for hydroxylation is 2. The lowest BCUT2D eigenvalue weighted by molar-refractivity contribution is 0.634. The smallest absolute Gasteiger partial charge is 0.191 e. The molecule has 1 unspecified atom stereocenters. The number of hydrogen-bond acceptors (Lipinski definition) is 3. The Bertz CT molecular complexity index is 631. The van der Waals surface area contributed by atoms with E-state index >= 15 is 0 Å². The molecule has 7 nitrogen and oxygen atoms in total. The highest BCUT2D eigenvalue weighted by molar-refractivity contribution is 14.0. The quantitative estimate of drug-likeness (QED) is 0.382. The van der Waals surface area contributed by atoms with Crippen molar-refractivity contribution in [2.75, 3.05) is 7.05 Å². The van der Waals surface area contributed by atoms with Gasteiger partial charge in [0.1, 0.15) is 0 Å². The molecule has 0 aliphatic carbocycles. The molecule has 0 radical (unpaired) electrons. The van der Waals surface area contributed by atoms with Gasteiger partial charge in [-0.1, -0.05) is 0 Å². The average molecular weight is 431 g/mol. The van der Waals surface area contributed by atoms with E-state index < -0.39 is 0 Å². The minimum absolute atomic E-state index is 0. The summed E-state index contributed by atoms with van der Waals surface area (Å²) in [6.07, 6.45) is 2.65. The first kappa shape index (κ1) is 19.5. The summed E-state index contributed by atoms with van der Waals surface area (Å²) in [5.74, 6) is 0.779. The van der Waals surface area contributed by atoms with Crippen LogP contribution in [0.2, 0.25) is 0 Å². The van der Waals surface area contributed by atoms with E-state index in [0.29, 0.717) is 6.54 Å². The number of halogens is 1. The maximum atomic E-state index is 4.46. The lowest BCUT2D eigenvalue weighted by Crippen LogP contribution is -2.42. The minimum atomic E-state index is 0. The normalized spacial score (nSPS) is 12.7. The Hall–Kier alpha value is -1.58. The molecule has 3 N–H and O–H groups in total. The highest BCUT2D eigenvalue weighted by Crippen LogP contribution is 2.14. The minimum Gasteiger partial charge on any atom is -0.354 e. The van der Waals surface area contributed by atoms with Crippen molar-refractivity contribution < 1.29 is 0 Å². The van der Waals surface area contributed by atoms with Gasteiger partial charge in [-0.05, 0) is 38.8 Å². The molecular formula is C15H26IN7. The molecule has 128 valence electrons. The first-order valence-corrected chi connectivity index (χ1v) is 7.45. The highest BCUT2D eigenvalue weighted by atomic mass is 127. The van der Waals surface area contributed by atoms with Crippen LogP contribution in [0.4, 0.5) is 0 Å². The van der Waals surface area contributed by atoms with Crippen molar-refractivity contribution >= 4 is 29.9 Å². The van der Waals surface area contributed by atoms with Gasteiger partial charge in [0.15, 0.2) is 5.96 Å². The fraction of sp³-hybridized carbons (Fsp3) is 0.533. The zero-order chi connectivity index (χ0) is 16.1. The van der Waals surface area contributed by atoms with E-state index in [9.17, 15) is 0 Å². The molecule has 2 rings (SSSR count). The summed E-state index contributed by atoms with van der Waals surface area (Å²) in [6.45, 7) is 6.97. The molecule has 8 heteroatoms. The first-order chi connectivity index (χ1) is 10.5. The van der Waals surface area contributed by atoms with Gasteiger partial charge in [0.05, 0.1) is 17.9 Å². The molecule has 0 aromatic carbocycles. The van der Waals surface area contributed by atoms with E-state index in [1.807, 2.05) is 17.8 Å². The van der Waals surface area contributed by atoms with Gasteiger partial charge in [-0.3, -0.25) is 14.8 Å². The second-order valence-corrected chi connectivity index (χ2v) is 5.53. The van der Waals surface area contributed by atoms with Crippen LogP contribution in [0.3, 0.4) is 0 Å². The van der Waals surface area contributed by atoms with E-state index in [4.69, 9.17) is 0 Å². The fourth-order valence-electron chi connectivity index (χ4n) is 2.46. The van der Waals surface area contributed by atoms with E-state index in [1.54, 1.807) is 13.2 Å². The van der Waals surface area contributed by atoms with Gasteiger partial charge >= 0.3 is 0 Å². The Morgan fingerprint density at radius 2 is 2.17 bits per heavy atom. The lowest BCUT2D eigenvalue weighted by atomic mass is 10.1. The second kappa shape index (κ2) is 8.90. The SMILES string of the molecule is CN=C(NCc1ccn[nH]1)NC(C)Cc1c(C)nn(C)c1C.I.